The Morgan fingerprint density at radius 3 is 2.50 bits per heavy atom. The Hall–Kier alpha value is -3.45. The van der Waals surface area contributed by atoms with E-state index in [1.807, 2.05) is 32.0 Å². The van der Waals surface area contributed by atoms with E-state index in [1.54, 1.807) is 38.1 Å². The molecule has 32 heavy (non-hydrogen) atoms. The Labute approximate surface area is 191 Å². The molecule has 166 valence electrons. The Morgan fingerprint density at radius 2 is 1.81 bits per heavy atom. The molecule has 0 aliphatic heterocycles. The van der Waals surface area contributed by atoms with Gasteiger partial charge in [0, 0.05) is 23.7 Å². The first-order valence-electron chi connectivity index (χ1n) is 10.3. The van der Waals surface area contributed by atoms with Crippen LogP contribution in [-0.2, 0) is 9.59 Å². The number of amides is 2. The summed E-state index contributed by atoms with van der Waals surface area (Å²) in [5.74, 6) is -0.504. The predicted octanol–water partition coefficient (Wildman–Crippen LogP) is 4.73. The molecular formula is C24H25ClN4O3. The van der Waals surface area contributed by atoms with Gasteiger partial charge in [0.1, 0.15) is 6.04 Å². The molecule has 2 N–H and O–H groups in total. The molecule has 1 atom stereocenters. The fourth-order valence-corrected chi connectivity index (χ4v) is 3.41. The maximum atomic E-state index is 12.9. The summed E-state index contributed by atoms with van der Waals surface area (Å²) < 4.78 is 1.14. The first-order valence-corrected chi connectivity index (χ1v) is 10.7. The minimum absolute atomic E-state index is 0.0941. The molecule has 2 aromatic carbocycles. The second-order valence-electron chi connectivity index (χ2n) is 7.53. The lowest BCUT2D eigenvalue weighted by Crippen LogP contribution is -2.33. The number of para-hydroxylation sites is 1. The van der Waals surface area contributed by atoms with Gasteiger partial charge in [-0.25, -0.2) is 4.68 Å². The van der Waals surface area contributed by atoms with Crippen LogP contribution in [0.15, 0.2) is 53.3 Å². The van der Waals surface area contributed by atoms with Crippen molar-refractivity contribution in [3.63, 3.8) is 0 Å². The van der Waals surface area contributed by atoms with Crippen LogP contribution < -0.4 is 16.2 Å². The highest BCUT2D eigenvalue weighted by atomic mass is 35.5. The molecule has 8 heteroatoms. The van der Waals surface area contributed by atoms with Crippen molar-refractivity contribution in [1.29, 1.82) is 0 Å². The number of aryl methyl sites for hydroxylation is 2. The molecule has 0 aliphatic rings. The normalized spacial score (nSPS) is 11.7. The summed E-state index contributed by atoms with van der Waals surface area (Å²) in [7, 11) is 0. The number of benzene rings is 2. The summed E-state index contributed by atoms with van der Waals surface area (Å²) in [4.78, 5) is 37.1. The molecule has 7 nitrogen and oxygen atoms in total. The van der Waals surface area contributed by atoms with E-state index in [1.165, 1.54) is 6.07 Å². The van der Waals surface area contributed by atoms with E-state index >= 15 is 0 Å². The van der Waals surface area contributed by atoms with Crippen LogP contribution in [0.4, 0.5) is 11.4 Å². The van der Waals surface area contributed by atoms with E-state index in [9.17, 15) is 14.4 Å². The predicted molar refractivity (Wildman–Crippen MR) is 127 cm³/mol. The molecular weight excluding hydrogens is 428 g/mol. The zero-order valence-electron chi connectivity index (χ0n) is 18.4. The van der Waals surface area contributed by atoms with Crippen LogP contribution in [0.1, 0.15) is 37.4 Å². The summed E-state index contributed by atoms with van der Waals surface area (Å²) in [6.07, 6.45) is 0.365. The highest BCUT2D eigenvalue weighted by Gasteiger charge is 2.20. The lowest BCUT2D eigenvalue weighted by molar-refractivity contribution is -0.119. The number of aromatic nitrogens is 2. The number of hydrogen-bond acceptors (Lipinski definition) is 4. The van der Waals surface area contributed by atoms with Crippen LogP contribution in [0.5, 0.6) is 0 Å². The Kier molecular flexibility index (Phi) is 7.10. The lowest BCUT2D eigenvalue weighted by Gasteiger charge is -2.17. The highest BCUT2D eigenvalue weighted by Crippen LogP contribution is 2.27. The summed E-state index contributed by atoms with van der Waals surface area (Å²) in [5.41, 5.74) is 3.72. The number of anilines is 2. The van der Waals surface area contributed by atoms with Gasteiger partial charge in [0.05, 0.1) is 16.4 Å². The smallest absolute Gasteiger partial charge is 0.267 e. The van der Waals surface area contributed by atoms with Gasteiger partial charge in [-0.15, -0.1) is 0 Å². The van der Waals surface area contributed by atoms with Gasteiger partial charge < -0.3 is 10.6 Å². The second-order valence-corrected chi connectivity index (χ2v) is 7.94. The fourth-order valence-electron chi connectivity index (χ4n) is 3.14. The summed E-state index contributed by atoms with van der Waals surface area (Å²) in [6, 6.07) is 12.9. The van der Waals surface area contributed by atoms with Crippen LogP contribution >= 0.6 is 11.6 Å². The van der Waals surface area contributed by atoms with Gasteiger partial charge in [-0.1, -0.05) is 42.8 Å². The Balaban J connectivity index is 1.92. The Morgan fingerprint density at radius 1 is 1.06 bits per heavy atom. The minimum atomic E-state index is -0.872. The molecule has 0 radical (unpaired) electrons. The molecule has 2 amide bonds. The summed E-state index contributed by atoms with van der Waals surface area (Å²) in [6.45, 7) is 7.11. The number of rotatable bonds is 6. The van der Waals surface area contributed by atoms with E-state index in [0.717, 1.165) is 15.8 Å². The van der Waals surface area contributed by atoms with E-state index in [-0.39, 0.29) is 5.91 Å². The molecule has 0 spiro atoms. The molecule has 0 bridgehead atoms. The quantitative estimate of drug-likeness (QED) is 0.565. The van der Waals surface area contributed by atoms with Crippen molar-refractivity contribution >= 4 is 34.8 Å². The van der Waals surface area contributed by atoms with Crippen LogP contribution in [0.3, 0.4) is 0 Å². The van der Waals surface area contributed by atoms with Gasteiger partial charge >= 0.3 is 0 Å². The zero-order valence-corrected chi connectivity index (χ0v) is 19.2. The topological polar surface area (TPSA) is 93.1 Å². The molecule has 0 fully saturated rings. The largest absolute Gasteiger partial charge is 0.326 e. The second kappa shape index (κ2) is 9.78. The van der Waals surface area contributed by atoms with Crippen LogP contribution in [0.2, 0.25) is 5.02 Å². The molecule has 3 rings (SSSR count). The van der Waals surface area contributed by atoms with Gasteiger partial charge in [-0.3, -0.25) is 14.4 Å². The minimum Gasteiger partial charge on any atom is -0.326 e. The van der Waals surface area contributed by atoms with E-state index in [2.05, 4.69) is 15.7 Å². The molecule has 3 aromatic rings. The molecule has 1 heterocycles. The van der Waals surface area contributed by atoms with Gasteiger partial charge in [0.2, 0.25) is 11.8 Å². The molecule has 1 aromatic heterocycles. The third-order valence-electron chi connectivity index (χ3n) is 5.17. The average molecular weight is 453 g/mol. The first-order chi connectivity index (χ1) is 15.2. The van der Waals surface area contributed by atoms with Gasteiger partial charge in [-0.05, 0) is 50.1 Å². The summed E-state index contributed by atoms with van der Waals surface area (Å²) in [5, 5.41) is 10.5. The van der Waals surface area contributed by atoms with Crippen molar-refractivity contribution < 1.29 is 9.59 Å². The number of hydrogen-bond donors (Lipinski definition) is 2. The third-order valence-corrected chi connectivity index (χ3v) is 5.49. The number of carbonyl (C=O) groups excluding carboxylic acids is 2. The monoisotopic (exact) mass is 452 g/mol. The van der Waals surface area contributed by atoms with Gasteiger partial charge in [0.15, 0.2) is 0 Å². The van der Waals surface area contributed by atoms with Crippen molar-refractivity contribution in [3.8, 4) is 11.3 Å². The average Bonchev–Trinajstić information content (AvgIpc) is 2.77. The van der Waals surface area contributed by atoms with Gasteiger partial charge in [0.25, 0.3) is 5.56 Å². The molecule has 0 aliphatic carbocycles. The number of halogens is 1. The van der Waals surface area contributed by atoms with E-state index in [0.29, 0.717) is 34.1 Å². The van der Waals surface area contributed by atoms with Crippen LogP contribution in [-0.4, -0.2) is 21.6 Å². The van der Waals surface area contributed by atoms with Crippen LogP contribution in [0, 0.1) is 13.8 Å². The highest BCUT2D eigenvalue weighted by molar-refractivity contribution is 6.34. The lowest BCUT2D eigenvalue weighted by atomic mass is 10.1. The molecule has 0 saturated carbocycles. The first kappa shape index (κ1) is 23.2. The van der Waals surface area contributed by atoms with Crippen molar-refractivity contribution in [2.24, 2.45) is 0 Å². The van der Waals surface area contributed by atoms with Crippen molar-refractivity contribution in [2.75, 3.05) is 10.6 Å². The third kappa shape index (κ3) is 5.06. The Bertz CT molecular complexity index is 1220. The molecule has 0 unspecified atom stereocenters. The van der Waals surface area contributed by atoms with E-state index in [4.69, 9.17) is 11.6 Å². The van der Waals surface area contributed by atoms with Gasteiger partial charge in [-0.2, -0.15) is 5.10 Å². The zero-order chi connectivity index (χ0) is 23.4. The van der Waals surface area contributed by atoms with Crippen molar-refractivity contribution in [1.82, 2.24) is 9.78 Å². The number of nitrogens with zero attached hydrogens (tertiary/aromatic N) is 2. The SMILES string of the molecule is CCC(=O)Nc1cc(-c2ccc(=O)n([C@H](C)C(=O)Nc3c(C)cccc3Cl)n2)ccc1C. The van der Waals surface area contributed by atoms with E-state index < -0.39 is 17.5 Å². The number of nitrogens with one attached hydrogen (secondary N) is 2. The van der Waals surface area contributed by atoms with Crippen molar-refractivity contribution in [3.05, 3.63) is 75.0 Å². The van der Waals surface area contributed by atoms with Crippen LogP contribution in [0.25, 0.3) is 11.3 Å². The maximum Gasteiger partial charge on any atom is 0.267 e. The number of carbonyl (C=O) groups is 2. The molecule has 0 saturated heterocycles. The maximum absolute atomic E-state index is 12.9. The fraction of sp³-hybridized carbons (Fsp3) is 0.250. The van der Waals surface area contributed by atoms with Crippen molar-refractivity contribution in [2.45, 2.75) is 40.2 Å². The summed E-state index contributed by atoms with van der Waals surface area (Å²) >= 11 is 6.21. The standard InChI is InChI=1S/C24H25ClN4O3/c1-5-21(30)26-20-13-17(10-9-14(20)2)19-11-12-22(31)29(28-19)16(4)24(32)27-23-15(3)7-6-8-18(23)25/h6-13,16H,5H2,1-4H3,(H,26,30)(H,27,32)/t16-/m1/s1.